The van der Waals surface area contributed by atoms with Gasteiger partial charge in [0.05, 0.1) is 18.3 Å². The van der Waals surface area contributed by atoms with Crippen molar-refractivity contribution in [1.82, 2.24) is 15.0 Å². The molecule has 0 unspecified atom stereocenters. The summed E-state index contributed by atoms with van der Waals surface area (Å²) in [5.74, 6) is 5.53. The Kier molecular flexibility index (Phi) is 5.06. The van der Waals surface area contributed by atoms with E-state index >= 15 is 0 Å². The Balaban J connectivity index is 1.75. The van der Waals surface area contributed by atoms with Crippen molar-refractivity contribution < 1.29 is 9.84 Å². The maximum atomic E-state index is 8.73. The average molecular weight is 311 g/mol. The van der Waals surface area contributed by atoms with Gasteiger partial charge in [0.2, 0.25) is 0 Å². The largest absolute Gasteiger partial charge is 0.384 e. The number of hydrogen-bond donors (Lipinski definition) is 1. The first-order valence-corrected chi connectivity index (χ1v) is 8.00. The van der Waals surface area contributed by atoms with Gasteiger partial charge >= 0.3 is 0 Å². The van der Waals surface area contributed by atoms with Crippen molar-refractivity contribution in [1.29, 1.82) is 0 Å². The number of rotatable bonds is 3. The third kappa shape index (κ3) is 3.79. The molecule has 2 heterocycles. The highest BCUT2D eigenvalue weighted by Gasteiger charge is 2.18. The number of aliphatic hydroxyl groups is 1. The van der Waals surface area contributed by atoms with Crippen molar-refractivity contribution in [3.63, 3.8) is 0 Å². The van der Waals surface area contributed by atoms with Crippen molar-refractivity contribution in [3.8, 4) is 23.1 Å². The van der Waals surface area contributed by atoms with Gasteiger partial charge < -0.3 is 9.84 Å². The Hall–Kier alpha value is -2.16. The van der Waals surface area contributed by atoms with Crippen LogP contribution in [0.4, 0.5) is 0 Å². The number of aromatic nitrogens is 3. The second-order valence-corrected chi connectivity index (χ2v) is 5.73. The Morgan fingerprint density at radius 3 is 2.83 bits per heavy atom. The molecule has 1 aliphatic rings. The molecular weight excluding hydrogens is 290 g/mol. The van der Waals surface area contributed by atoms with Crippen LogP contribution in [0.15, 0.2) is 24.3 Å². The Morgan fingerprint density at radius 2 is 2.13 bits per heavy atom. The fourth-order valence-corrected chi connectivity index (χ4v) is 2.80. The summed E-state index contributed by atoms with van der Waals surface area (Å²) in [5.41, 5.74) is 3.84. The molecule has 120 valence electrons. The smallest absolute Gasteiger partial charge is 0.115 e. The SMILES string of the molecule is Cc1c(-c2ccc(C#CCO)cc2)nnn1C[C@H]1CCCCO1. The van der Waals surface area contributed by atoms with Crippen molar-refractivity contribution in [2.45, 2.75) is 38.8 Å². The lowest BCUT2D eigenvalue weighted by Crippen LogP contribution is -2.25. The Morgan fingerprint density at radius 1 is 1.30 bits per heavy atom. The van der Waals surface area contributed by atoms with Crippen LogP contribution in [0.2, 0.25) is 0 Å². The van der Waals surface area contributed by atoms with Crippen molar-refractivity contribution >= 4 is 0 Å². The molecule has 0 saturated carbocycles. The van der Waals surface area contributed by atoms with Gasteiger partial charge in [0.15, 0.2) is 0 Å². The van der Waals surface area contributed by atoms with Crippen molar-refractivity contribution in [2.75, 3.05) is 13.2 Å². The van der Waals surface area contributed by atoms with E-state index in [1.54, 1.807) is 0 Å². The van der Waals surface area contributed by atoms with E-state index in [1.165, 1.54) is 6.42 Å². The first kappa shape index (κ1) is 15.7. The highest BCUT2D eigenvalue weighted by molar-refractivity contribution is 5.62. The quantitative estimate of drug-likeness (QED) is 0.883. The summed E-state index contributed by atoms with van der Waals surface area (Å²) in [7, 11) is 0. The lowest BCUT2D eigenvalue weighted by atomic mass is 10.1. The summed E-state index contributed by atoms with van der Waals surface area (Å²) in [6.07, 6.45) is 3.71. The van der Waals surface area contributed by atoms with Crippen LogP contribution in [0, 0.1) is 18.8 Å². The van der Waals surface area contributed by atoms with Gasteiger partial charge in [-0.3, -0.25) is 0 Å². The van der Waals surface area contributed by atoms with Gasteiger partial charge in [-0.15, -0.1) is 5.10 Å². The number of benzene rings is 1. The van der Waals surface area contributed by atoms with Gasteiger partial charge in [0.25, 0.3) is 0 Å². The van der Waals surface area contributed by atoms with Crippen LogP contribution in [-0.2, 0) is 11.3 Å². The Labute approximate surface area is 136 Å². The molecule has 1 aromatic heterocycles. The normalized spacial score (nSPS) is 17.6. The molecule has 5 nitrogen and oxygen atoms in total. The standard InChI is InChI=1S/C18H21N3O2/c1-14-18(16-9-7-15(8-10-16)5-4-11-22)19-20-21(14)13-17-6-2-3-12-23-17/h7-10,17,22H,2-3,6,11-13H2,1H3/t17-/m1/s1. The molecule has 3 rings (SSSR count). The van der Waals surface area contributed by atoms with Crippen LogP contribution in [0.1, 0.15) is 30.5 Å². The number of nitrogens with zero attached hydrogens (tertiary/aromatic N) is 3. The molecule has 0 aliphatic carbocycles. The molecule has 23 heavy (non-hydrogen) atoms. The molecule has 0 bridgehead atoms. The fraction of sp³-hybridized carbons (Fsp3) is 0.444. The minimum Gasteiger partial charge on any atom is -0.384 e. The zero-order chi connectivity index (χ0) is 16.1. The van der Waals surface area contributed by atoms with Crippen LogP contribution in [-0.4, -0.2) is 39.4 Å². The molecule has 1 aromatic carbocycles. The monoisotopic (exact) mass is 311 g/mol. The molecule has 0 radical (unpaired) electrons. The molecule has 1 aliphatic heterocycles. The van der Waals surface area contributed by atoms with Crippen LogP contribution in [0.25, 0.3) is 11.3 Å². The lowest BCUT2D eigenvalue weighted by molar-refractivity contribution is 0.00337. The highest BCUT2D eigenvalue weighted by Crippen LogP contribution is 2.22. The molecular formula is C18H21N3O2. The molecule has 1 saturated heterocycles. The zero-order valence-corrected chi connectivity index (χ0v) is 13.3. The predicted octanol–water partition coefficient (Wildman–Crippen LogP) is 2.17. The fourth-order valence-electron chi connectivity index (χ4n) is 2.80. The van der Waals surface area contributed by atoms with Crippen molar-refractivity contribution in [3.05, 3.63) is 35.5 Å². The van der Waals surface area contributed by atoms with E-state index < -0.39 is 0 Å². The summed E-state index contributed by atoms with van der Waals surface area (Å²) in [4.78, 5) is 0. The molecule has 1 atom stereocenters. The number of ether oxygens (including phenoxy) is 1. The zero-order valence-electron chi connectivity index (χ0n) is 13.3. The van der Waals surface area contributed by atoms with Gasteiger partial charge in [-0.2, -0.15) is 0 Å². The highest BCUT2D eigenvalue weighted by atomic mass is 16.5. The van der Waals surface area contributed by atoms with Gasteiger partial charge in [0.1, 0.15) is 12.3 Å². The third-order valence-electron chi connectivity index (χ3n) is 4.10. The third-order valence-corrected chi connectivity index (χ3v) is 4.10. The van der Waals surface area contributed by atoms with E-state index in [0.29, 0.717) is 0 Å². The van der Waals surface area contributed by atoms with Gasteiger partial charge in [-0.25, -0.2) is 4.68 Å². The molecule has 0 spiro atoms. The minimum atomic E-state index is -0.127. The van der Waals surface area contributed by atoms with E-state index in [1.807, 2.05) is 35.9 Å². The maximum absolute atomic E-state index is 8.73. The topological polar surface area (TPSA) is 60.2 Å². The molecule has 2 aromatic rings. The van der Waals surface area contributed by atoms with E-state index in [0.717, 1.165) is 48.5 Å². The van der Waals surface area contributed by atoms with E-state index in [-0.39, 0.29) is 12.7 Å². The van der Waals surface area contributed by atoms with E-state index in [2.05, 4.69) is 22.2 Å². The number of hydrogen-bond acceptors (Lipinski definition) is 4. The second kappa shape index (κ2) is 7.40. The first-order chi connectivity index (χ1) is 11.3. The Bertz CT molecular complexity index is 704. The molecule has 5 heteroatoms. The van der Waals surface area contributed by atoms with Crippen LogP contribution >= 0.6 is 0 Å². The van der Waals surface area contributed by atoms with Crippen LogP contribution < -0.4 is 0 Å². The molecule has 1 fully saturated rings. The predicted molar refractivity (Wildman–Crippen MR) is 87.7 cm³/mol. The second-order valence-electron chi connectivity index (χ2n) is 5.73. The summed E-state index contributed by atoms with van der Waals surface area (Å²) in [6, 6.07) is 7.83. The summed E-state index contributed by atoms with van der Waals surface area (Å²) in [6.45, 7) is 3.52. The summed E-state index contributed by atoms with van der Waals surface area (Å²) < 4.78 is 7.72. The first-order valence-electron chi connectivity index (χ1n) is 8.00. The van der Waals surface area contributed by atoms with Gasteiger partial charge in [-0.05, 0) is 38.3 Å². The van der Waals surface area contributed by atoms with Crippen molar-refractivity contribution in [2.24, 2.45) is 0 Å². The van der Waals surface area contributed by atoms with E-state index in [4.69, 9.17) is 9.84 Å². The summed E-state index contributed by atoms with van der Waals surface area (Å²) in [5, 5.41) is 17.3. The number of aliphatic hydroxyl groups excluding tert-OH is 1. The van der Waals surface area contributed by atoms with Crippen LogP contribution in [0.5, 0.6) is 0 Å². The minimum absolute atomic E-state index is 0.127. The van der Waals surface area contributed by atoms with Gasteiger partial charge in [0, 0.05) is 17.7 Å². The van der Waals surface area contributed by atoms with Crippen LogP contribution in [0.3, 0.4) is 0 Å². The molecule has 1 N–H and O–H groups in total. The average Bonchev–Trinajstić information content (AvgIpc) is 2.95. The van der Waals surface area contributed by atoms with E-state index in [9.17, 15) is 0 Å². The summed E-state index contributed by atoms with van der Waals surface area (Å²) >= 11 is 0. The van der Waals surface area contributed by atoms with Gasteiger partial charge in [-0.1, -0.05) is 29.2 Å². The molecule has 0 amide bonds. The lowest BCUT2D eigenvalue weighted by Gasteiger charge is -2.22. The maximum Gasteiger partial charge on any atom is 0.115 e.